The van der Waals surface area contributed by atoms with E-state index in [0.29, 0.717) is 6.61 Å². The van der Waals surface area contributed by atoms with E-state index in [4.69, 9.17) is 10.5 Å². The lowest BCUT2D eigenvalue weighted by Gasteiger charge is -2.31. The van der Waals surface area contributed by atoms with Crippen LogP contribution in [0.3, 0.4) is 0 Å². The standard InChI is InChI=1S/C9H18N2O2/c1-6(11-7(2)12)9-4-3-8(10)5-13-9/h6,8-9H,3-5,10H2,1-2H3,(H,11,12)/t6-,8+,9-/m0/s1. The molecule has 0 aromatic rings. The number of carbonyl (C=O) groups excluding carboxylic acids is 1. The Morgan fingerprint density at radius 2 is 2.31 bits per heavy atom. The minimum absolute atomic E-state index is 0.00836. The summed E-state index contributed by atoms with van der Waals surface area (Å²) >= 11 is 0. The van der Waals surface area contributed by atoms with Gasteiger partial charge in [0.15, 0.2) is 0 Å². The van der Waals surface area contributed by atoms with Crippen molar-refractivity contribution in [3.05, 3.63) is 0 Å². The van der Waals surface area contributed by atoms with Gasteiger partial charge in [-0.1, -0.05) is 0 Å². The monoisotopic (exact) mass is 186 g/mol. The van der Waals surface area contributed by atoms with E-state index in [-0.39, 0.29) is 24.1 Å². The first-order valence-corrected chi connectivity index (χ1v) is 4.74. The van der Waals surface area contributed by atoms with Crippen molar-refractivity contribution in [3.8, 4) is 0 Å². The summed E-state index contributed by atoms with van der Waals surface area (Å²) in [5.41, 5.74) is 5.69. The molecule has 76 valence electrons. The molecular weight excluding hydrogens is 168 g/mol. The Balaban J connectivity index is 2.31. The Morgan fingerprint density at radius 3 is 2.77 bits per heavy atom. The minimum atomic E-state index is -0.00836. The van der Waals surface area contributed by atoms with Gasteiger partial charge in [0.05, 0.1) is 18.8 Å². The Hall–Kier alpha value is -0.610. The smallest absolute Gasteiger partial charge is 0.217 e. The summed E-state index contributed by atoms with van der Waals surface area (Å²) in [5.74, 6) is -0.00836. The zero-order chi connectivity index (χ0) is 9.84. The highest BCUT2D eigenvalue weighted by atomic mass is 16.5. The van der Waals surface area contributed by atoms with Crippen molar-refractivity contribution in [2.45, 2.75) is 44.9 Å². The highest BCUT2D eigenvalue weighted by Crippen LogP contribution is 2.15. The van der Waals surface area contributed by atoms with E-state index >= 15 is 0 Å². The topological polar surface area (TPSA) is 64.4 Å². The summed E-state index contributed by atoms with van der Waals surface area (Å²) in [6.45, 7) is 4.09. The molecule has 0 radical (unpaired) electrons. The van der Waals surface area contributed by atoms with Crippen molar-refractivity contribution in [2.75, 3.05) is 6.61 Å². The Labute approximate surface area is 78.8 Å². The SMILES string of the molecule is CC(=O)N[C@@H](C)[C@@H]1CC[C@@H](N)CO1. The van der Waals surface area contributed by atoms with Crippen LogP contribution in [0.2, 0.25) is 0 Å². The normalized spacial score (nSPS) is 31.0. The molecule has 1 aliphatic heterocycles. The predicted molar refractivity (Wildman–Crippen MR) is 50.2 cm³/mol. The third-order valence-electron chi connectivity index (χ3n) is 2.33. The summed E-state index contributed by atoms with van der Waals surface area (Å²) in [7, 11) is 0. The van der Waals surface area contributed by atoms with E-state index in [1.165, 1.54) is 6.92 Å². The second-order valence-electron chi connectivity index (χ2n) is 3.70. The molecule has 1 fully saturated rings. The van der Waals surface area contributed by atoms with E-state index in [9.17, 15) is 4.79 Å². The molecule has 0 aromatic heterocycles. The van der Waals surface area contributed by atoms with E-state index in [0.717, 1.165) is 12.8 Å². The van der Waals surface area contributed by atoms with Crippen LogP contribution in [-0.4, -0.2) is 30.7 Å². The van der Waals surface area contributed by atoms with Gasteiger partial charge < -0.3 is 15.8 Å². The van der Waals surface area contributed by atoms with E-state index < -0.39 is 0 Å². The van der Waals surface area contributed by atoms with E-state index in [1.54, 1.807) is 0 Å². The molecule has 1 rings (SSSR count). The molecule has 1 amide bonds. The summed E-state index contributed by atoms with van der Waals surface area (Å²) in [4.78, 5) is 10.8. The van der Waals surface area contributed by atoms with Gasteiger partial charge in [0.2, 0.25) is 5.91 Å². The van der Waals surface area contributed by atoms with Crippen molar-refractivity contribution >= 4 is 5.91 Å². The Bertz CT molecular complexity index is 176. The van der Waals surface area contributed by atoms with Gasteiger partial charge in [-0.25, -0.2) is 0 Å². The second kappa shape index (κ2) is 4.58. The number of hydrogen-bond acceptors (Lipinski definition) is 3. The fourth-order valence-electron chi connectivity index (χ4n) is 1.60. The van der Waals surface area contributed by atoms with Crippen molar-refractivity contribution in [1.82, 2.24) is 5.32 Å². The Morgan fingerprint density at radius 1 is 1.62 bits per heavy atom. The first kappa shape index (κ1) is 10.5. The van der Waals surface area contributed by atoms with Crippen molar-refractivity contribution in [1.29, 1.82) is 0 Å². The van der Waals surface area contributed by atoms with Gasteiger partial charge in [-0.05, 0) is 19.8 Å². The lowest BCUT2D eigenvalue weighted by Crippen LogP contribution is -2.46. The van der Waals surface area contributed by atoms with Crippen LogP contribution in [0.4, 0.5) is 0 Å². The number of rotatable bonds is 2. The maximum atomic E-state index is 10.8. The van der Waals surface area contributed by atoms with Gasteiger partial charge in [0, 0.05) is 13.0 Å². The number of carbonyl (C=O) groups is 1. The van der Waals surface area contributed by atoms with Gasteiger partial charge in [0.25, 0.3) is 0 Å². The van der Waals surface area contributed by atoms with Gasteiger partial charge in [-0.15, -0.1) is 0 Å². The van der Waals surface area contributed by atoms with Crippen LogP contribution in [0.25, 0.3) is 0 Å². The third-order valence-corrected chi connectivity index (χ3v) is 2.33. The zero-order valence-corrected chi connectivity index (χ0v) is 8.25. The number of ether oxygens (including phenoxy) is 1. The first-order valence-electron chi connectivity index (χ1n) is 4.74. The highest BCUT2D eigenvalue weighted by Gasteiger charge is 2.24. The molecule has 4 heteroatoms. The fraction of sp³-hybridized carbons (Fsp3) is 0.889. The van der Waals surface area contributed by atoms with Crippen LogP contribution in [0.5, 0.6) is 0 Å². The van der Waals surface area contributed by atoms with E-state index in [2.05, 4.69) is 5.32 Å². The van der Waals surface area contributed by atoms with Crippen molar-refractivity contribution in [3.63, 3.8) is 0 Å². The van der Waals surface area contributed by atoms with Crippen LogP contribution in [0.1, 0.15) is 26.7 Å². The molecule has 3 atom stereocenters. The van der Waals surface area contributed by atoms with Gasteiger partial charge in [-0.2, -0.15) is 0 Å². The third kappa shape index (κ3) is 3.32. The van der Waals surface area contributed by atoms with Crippen LogP contribution < -0.4 is 11.1 Å². The summed E-state index contributed by atoms with van der Waals surface area (Å²) in [6.07, 6.45) is 2.04. The molecule has 4 nitrogen and oxygen atoms in total. The minimum Gasteiger partial charge on any atom is -0.374 e. The highest BCUT2D eigenvalue weighted by molar-refractivity contribution is 5.73. The van der Waals surface area contributed by atoms with Gasteiger partial charge in [-0.3, -0.25) is 4.79 Å². The van der Waals surface area contributed by atoms with Crippen LogP contribution in [0.15, 0.2) is 0 Å². The molecule has 0 saturated carbocycles. The molecule has 0 aromatic carbocycles. The largest absolute Gasteiger partial charge is 0.374 e. The van der Waals surface area contributed by atoms with Gasteiger partial charge in [0.1, 0.15) is 0 Å². The predicted octanol–water partition coefficient (Wildman–Crippen LogP) is 0.0173. The number of hydrogen-bond donors (Lipinski definition) is 2. The van der Waals surface area contributed by atoms with Crippen molar-refractivity contribution in [2.24, 2.45) is 5.73 Å². The molecule has 1 saturated heterocycles. The molecule has 0 aliphatic carbocycles. The van der Waals surface area contributed by atoms with Crippen LogP contribution >= 0.6 is 0 Å². The number of amides is 1. The van der Waals surface area contributed by atoms with Crippen molar-refractivity contribution < 1.29 is 9.53 Å². The molecule has 0 spiro atoms. The lowest BCUT2D eigenvalue weighted by atomic mass is 10.0. The molecule has 13 heavy (non-hydrogen) atoms. The molecule has 0 unspecified atom stereocenters. The number of nitrogens with one attached hydrogen (secondary N) is 1. The maximum absolute atomic E-state index is 10.8. The summed E-state index contributed by atoms with van der Waals surface area (Å²) < 4.78 is 5.51. The average Bonchev–Trinajstić information content (AvgIpc) is 2.04. The quantitative estimate of drug-likeness (QED) is 0.639. The zero-order valence-electron chi connectivity index (χ0n) is 8.25. The average molecular weight is 186 g/mol. The van der Waals surface area contributed by atoms with Crippen LogP contribution in [-0.2, 0) is 9.53 Å². The van der Waals surface area contributed by atoms with E-state index in [1.807, 2.05) is 6.92 Å². The second-order valence-corrected chi connectivity index (χ2v) is 3.70. The number of nitrogens with two attached hydrogens (primary N) is 1. The fourth-order valence-corrected chi connectivity index (χ4v) is 1.60. The Kier molecular flexibility index (Phi) is 3.69. The lowest BCUT2D eigenvalue weighted by molar-refractivity contribution is -0.121. The van der Waals surface area contributed by atoms with Crippen LogP contribution in [0, 0.1) is 0 Å². The summed E-state index contributed by atoms with van der Waals surface area (Å²) in [6, 6.07) is 0.255. The summed E-state index contributed by atoms with van der Waals surface area (Å²) in [5, 5.41) is 2.82. The molecule has 1 heterocycles. The molecule has 3 N–H and O–H groups in total. The van der Waals surface area contributed by atoms with Gasteiger partial charge >= 0.3 is 0 Å². The molecular formula is C9H18N2O2. The molecule has 1 aliphatic rings. The maximum Gasteiger partial charge on any atom is 0.217 e. The first-order chi connectivity index (χ1) is 6.09. The molecule has 0 bridgehead atoms.